The molecular formula is C12H19ClN2O2S. The Hall–Kier alpha value is -0.550. The molecule has 1 aliphatic heterocycles. The van der Waals surface area contributed by atoms with E-state index >= 15 is 0 Å². The molecule has 0 bridgehead atoms. The summed E-state index contributed by atoms with van der Waals surface area (Å²) in [4.78, 5) is 4.65. The fraction of sp³-hybridized carbons (Fsp3) is 0.750. The van der Waals surface area contributed by atoms with Gasteiger partial charge >= 0.3 is 0 Å². The summed E-state index contributed by atoms with van der Waals surface area (Å²) in [6.07, 6.45) is 4.10. The van der Waals surface area contributed by atoms with Crippen LogP contribution in [0.5, 0.6) is 0 Å². The second kappa shape index (κ2) is 5.21. The van der Waals surface area contributed by atoms with E-state index in [1.165, 1.54) is 0 Å². The van der Waals surface area contributed by atoms with E-state index in [1.54, 1.807) is 0 Å². The molecule has 0 unspecified atom stereocenters. The van der Waals surface area contributed by atoms with Gasteiger partial charge in [0.2, 0.25) is 9.05 Å². The summed E-state index contributed by atoms with van der Waals surface area (Å²) in [6.45, 7) is 5.03. The van der Waals surface area contributed by atoms with Gasteiger partial charge in [-0.25, -0.2) is 13.4 Å². The molecule has 0 N–H and O–H groups in total. The Balaban J connectivity index is 2.48. The first-order chi connectivity index (χ1) is 8.42. The lowest BCUT2D eigenvalue weighted by Crippen LogP contribution is -2.14. The Labute approximate surface area is 113 Å². The van der Waals surface area contributed by atoms with Crippen LogP contribution in [0, 0.1) is 0 Å². The van der Waals surface area contributed by atoms with Crippen LogP contribution in [-0.2, 0) is 27.8 Å². The molecule has 0 amide bonds. The molecule has 1 atom stereocenters. The molecule has 0 saturated carbocycles. The van der Waals surface area contributed by atoms with E-state index in [9.17, 15) is 8.42 Å². The maximum atomic E-state index is 11.4. The lowest BCUT2D eigenvalue weighted by molar-refractivity contribution is 0.511. The predicted molar refractivity (Wildman–Crippen MR) is 72.3 cm³/mol. The van der Waals surface area contributed by atoms with E-state index in [2.05, 4.69) is 23.4 Å². The quantitative estimate of drug-likeness (QED) is 0.801. The van der Waals surface area contributed by atoms with Crippen LogP contribution in [0.1, 0.15) is 56.2 Å². The largest absolute Gasteiger partial charge is 0.331 e. The number of hydrogen-bond acceptors (Lipinski definition) is 3. The van der Waals surface area contributed by atoms with Crippen molar-refractivity contribution in [3.8, 4) is 0 Å². The van der Waals surface area contributed by atoms with E-state index < -0.39 is 9.05 Å². The molecular weight excluding hydrogens is 272 g/mol. The van der Waals surface area contributed by atoms with Crippen molar-refractivity contribution in [3.63, 3.8) is 0 Å². The van der Waals surface area contributed by atoms with Crippen molar-refractivity contribution in [1.29, 1.82) is 0 Å². The highest BCUT2D eigenvalue weighted by molar-refractivity contribution is 8.13. The van der Waals surface area contributed by atoms with Crippen LogP contribution in [0.25, 0.3) is 0 Å². The first-order valence-corrected chi connectivity index (χ1v) is 8.90. The highest BCUT2D eigenvalue weighted by Gasteiger charge is 2.25. The second-order valence-electron chi connectivity index (χ2n) is 4.96. The number of fused-ring (bicyclic) bond motifs is 1. The molecule has 1 aliphatic rings. The van der Waals surface area contributed by atoms with Crippen molar-refractivity contribution in [2.45, 2.75) is 57.7 Å². The van der Waals surface area contributed by atoms with Gasteiger partial charge in [-0.2, -0.15) is 0 Å². The smallest absolute Gasteiger partial charge is 0.238 e. The summed E-state index contributed by atoms with van der Waals surface area (Å²) in [6, 6.07) is 0. The molecule has 2 heterocycles. The van der Waals surface area contributed by atoms with Crippen molar-refractivity contribution in [1.82, 2.24) is 9.55 Å². The Morgan fingerprint density at radius 3 is 2.78 bits per heavy atom. The van der Waals surface area contributed by atoms with Gasteiger partial charge in [0.05, 0.1) is 11.4 Å². The fourth-order valence-corrected chi connectivity index (χ4v) is 3.41. The second-order valence-corrected chi connectivity index (χ2v) is 7.74. The molecule has 0 saturated heterocycles. The van der Waals surface area contributed by atoms with Crippen molar-refractivity contribution in [2.75, 3.05) is 0 Å². The van der Waals surface area contributed by atoms with Gasteiger partial charge in [0.15, 0.2) is 0 Å². The lowest BCUT2D eigenvalue weighted by Gasteiger charge is -2.16. The molecule has 6 heteroatoms. The molecule has 0 aliphatic carbocycles. The van der Waals surface area contributed by atoms with Crippen LogP contribution >= 0.6 is 10.7 Å². The van der Waals surface area contributed by atoms with Gasteiger partial charge in [-0.3, -0.25) is 0 Å². The summed E-state index contributed by atoms with van der Waals surface area (Å²) >= 11 is 0. The Bertz CT molecular complexity index is 537. The van der Waals surface area contributed by atoms with Gasteiger partial charge in [-0.05, 0) is 25.2 Å². The number of aryl methyl sites for hydroxylation is 1. The van der Waals surface area contributed by atoms with E-state index in [0.717, 1.165) is 49.4 Å². The molecule has 1 aromatic heterocycles. The third-order valence-corrected chi connectivity index (χ3v) is 4.55. The molecule has 0 spiro atoms. The van der Waals surface area contributed by atoms with E-state index in [4.69, 9.17) is 10.7 Å². The van der Waals surface area contributed by atoms with Crippen LogP contribution in [-0.4, -0.2) is 18.0 Å². The third-order valence-electron chi connectivity index (χ3n) is 3.60. The molecule has 1 aromatic rings. The van der Waals surface area contributed by atoms with E-state index in [0.29, 0.717) is 0 Å². The predicted octanol–water partition coefficient (Wildman–Crippen LogP) is 2.80. The van der Waals surface area contributed by atoms with Crippen molar-refractivity contribution >= 4 is 19.7 Å². The van der Waals surface area contributed by atoms with Crippen molar-refractivity contribution in [3.05, 3.63) is 17.2 Å². The molecule has 102 valence electrons. The Morgan fingerprint density at radius 2 is 2.17 bits per heavy atom. The van der Waals surface area contributed by atoms with Crippen molar-refractivity contribution in [2.24, 2.45) is 0 Å². The Morgan fingerprint density at radius 1 is 1.44 bits per heavy atom. The maximum absolute atomic E-state index is 11.4. The topological polar surface area (TPSA) is 52.0 Å². The zero-order valence-electron chi connectivity index (χ0n) is 10.8. The maximum Gasteiger partial charge on any atom is 0.238 e. The fourth-order valence-electron chi connectivity index (χ4n) is 2.47. The molecule has 4 nitrogen and oxygen atoms in total. The van der Waals surface area contributed by atoms with Crippen LogP contribution in [0.3, 0.4) is 0 Å². The number of aromatic nitrogens is 2. The minimum absolute atomic E-state index is 0.110. The lowest BCUT2D eigenvalue weighted by atomic mass is 10.0. The van der Waals surface area contributed by atoms with E-state index in [1.807, 2.05) is 0 Å². The summed E-state index contributed by atoms with van der Waals surface area (Å²) in [7, 11) is 1.88. The average Bonchev–Trinajstić information content (AvgIpc) is 2.65. The summed E-state index contributed by atoms with van der Waals surface area (Å²) in [5.41, 5.74) is 1.72. The standard InChI is InChI=1S/C12H19ClN2O2S/c1-3-9(2)12-10(8-18(13,16)17)15-7-5-4-6-11(15)14-12/h9H,3-8H2,1-2H3/t9-/m0/s1. The normalized spacial score (nSPS) is 17.5. The van der Waals surface area contributed by atoms with Crippen LogP contribution in [0.4, 0.5) is 0 Å². The van der Waals surface area contributed by atoms with Crippen LogP contribution in [0.2, 0.25) is 0 Å². The monoisotopic (exact) mass is 290 g/mol. The Kier molecular flexibility index (Phi) is 4.02. The minimum atomic E-state index is -3.53. The first kappa shape index (κ1) is 13.9. The third kappa shape index (κ3) is 2.88. The molecule has 0 fully saturated rings. The summed E-state index contributed by atoms with van der Waals surface area (Å²) < 4.78 is 24.8. The van der Waals surface area contributed by atoms with Gasteiger partial charge in [-0.1, -0.05) is 13.8 Å². The minimum Gasteiger partial charge on any atom is -0.331 e. The van der Waals surface area contributed by atoms with Gasteiger partial charge in [0.25, 0.3) is 0 Å². The number of nitrogens with zero attached hydrogens (tertiary/aromatic N) is 2. The molecule has 2 rings (SSSR count). The van der Waals surface area contributed by atoms with Gasteiger partial charge < -0.3 is 4.57 Å². The van der Waals surface area contributed by atoms with Crippen molar-refractivity contribution < 1.29 is 8.42 Å². The number of rotatable bonds is 4. The molecule has 0 aromatic carbocycles. The molecule has 18 heavy (non-hydrogen) atoms. The van der Waals surface area contributed by atoms with Gasteiger partial charge in [0, 0.05) is 23.6 Å². The average molecular weight is 291 g/mol. The summed E-state index contributed by atoms with van der Waals surface area (Å²) in [5.74, 6) is 1.18. The van der Waals surface area contributed by atoms with Crippen LogP contribution in [0.15, 0.2) is 0 Å². The van der Waals surface area contributed by atoms with E-state index in [-0.39, 0.29) is 11.7 Å². The zero-order valence-corrected chi connectivity index (χ0v) is 12.4. The van der Waals surface area contributed by atoms with Gasteiger partial charge in [0.1, 0.15) is 11.6 Å². The SMILES string of the molecule is CC[C@H](C)c1nc2n(c1CS(=O)(=O)Cl)CCCC2. The summed E-state index contributed by atoms with van der Waals surface area (Å²) in [5, 5.41) is 0. The van der Waals surface area contributed by atoms with Crippen LogP contribution < -0.4 is 0 Å². The first-order valence-electron chi connectivity index (χ1n) is 6.43. The highest BCUT2D eigenvalue weighted by Crippen LogP contribution is 2.28. The number of halogens is 1. The van der Waals surface area contributed by atoms with Gasteiger partial charge in [-0.15, -0.1) is 0 Å². The highest BCUT2D eigenvalue weighted by atomic mass is 35.7. The number of hydrogen-bond donors (Lipinski definition) is 0. The zero-order chi connectivity index (χ0) is 13.3. The number of imidazole rings is 1. The molecule has 0 radical (unpaired) electrons.